The summed E-state index contributed by atoms with van der Waals surface area (Å²) in [5.41, 5.74) is 2.67. The fourth-order valence-corrected chi connectivity index (χ4v) is 3.03. The number of aromatic amines is 1. The largest absolute Gasteiger partial charge is 0.508 e. The first kappa shape index (κ1) is 19.1. The fourth-order valence-electron chi connectivity index (χ4n) is 3.03. The number of carbonyl (C=O) groups is 1. The number of phenolic OH excluding ortho intramolecular Hbond substituents is 1. The molecule has 5 nitrogen and oxygen atoms in total. The molecule has 0 spiro atoms. The maximum Gasteiger partial charge on any atom is 0.330 e. The van der Waals surface area contributed by atoms with E-state index in [1.54, 1.807) is 60.8 Å². The molecule has 0 aliphatic heterocycles. The molecule has 0 saturated heterocycles. The predicted molar refractivity (Wildman–Crippen MR) is 113 cm³/mol. The summed E-state index contributed by atoms with van der Waals surface area (Å²) in [4.78, 5) is 27.7. The number of carbonyl (C=O) groups excluding carboxylic acids is 1. The van der Waals surface area contributed by atoms with Crippen molar-refractivity contribution in [2.75, 3.05) is 0 Å². The van der Waals surface area contributed by atoms with E-state index in [0.29, 0.717) is 22.5 Å². The van der Waals surface area contributed by atoms with Crippen LogP contribution in [0.25, 0.3) is 23.0 Å². The molecule has 0 aliphatic rings. The van der Waals surface area contributed by atoms with E-state index in [-0.39, 0.29) is 23.0 Å². The van der Waals surface area contributed by atoms with E-state index in [4.69, 9.17) is 0 Å². The molecule has 4 aromatic rings. The number of halogens is 1. The zero-order valence-corrected chi connectivity index (χ0v) is 15.7. The van der Waals surface area contributed by atoms with Gasteiger partial charge in [-0.15, -0.1) is 0 Å². The van der Waals surface area contributed by atoms with Gasteiger partial charge in [-0.3, -0.25) is 9.36 Å². The maximum atomic E-state index is 13.0. The Morgan fingerprint density at radius 1 is 1.00 bits per heavy atom. The van der Waals surface area contributed by atoms with Crippen molar-refractivity contribution in [2.24, 2.45) is 0 Å². The van der Waals surface area contributed by atoms with Gasteiger partial charge in [0.1, 0.15) is 11.6 Å². The highest BCUT2D eigenvalue weighted by atomic mass is 19.1. The molecule has 0 atom stereocenters. The molecule has 6 heteroatoms. The van der Waals surface area contributed by atoms with Crippen molar-refractivity contribution >= 4 is 11.9 Å². The van der Waals surface area contributed by atoms with Gasteiger partial charge >= 0.3 is 5.69 Å². The zero-order chi connectivity index (χ0) is 21.1. The van der Waals surface area contributed by atoms with Crippen LogP contribution in [0, 0.1) is 5.82 Å². The number of benzene rings is 3. The fraction of sp³-hybridized carbons (Fsp3) is 0. The number of aromatic nitrogens is 2. The first-order valence-electron chi connectivity index (χ1n) is 9.19. The lowest BCUT2D eigenvalue weighted by atomic mass is 10.1. The highest BCUT2D eigenvalue weighted by Crippen LogP contribution is 2.20. The number of rotatable bonds is 5. The van der Waals surface area contributed by atoms with Crippen LogP contribution >= 0.6 is 0 Å². The number of phenols is 1. The number of allylic oxidation sites excluding steroid dienone is 1. The topological polar surface area (TPSA) is 75.1 Å². The number of nitrogens with one attached hydrogen (secondary N) is 1. The van der Waals surface area contributed by atoms with Crippen molar-refractivity contribution in [3.63, 3.8) is 0 Å². The van der Waals surface area contributed by atoms with Gasteiger partial charge in [0, 0.05) is 11.8 Å². The molecule has 3 aromatic carbocycles. The second kappa shape index (κ2) is 8.05. The van der Waals surface area contributed by atoms with Crippen LogP contribution in [0.5, 0.6) is 5.75 Å². The number of imidazole rings is 1. The molecule has 0 amide bonds. The van der Waals surface area contributed by atoms with Crippen LogP contribution < -0.4 is 5.69 Å². The molecule has 148 valence electrons. The summed E-state index contributed by atoms with van der Waals surface area (Å²) in [5, 5.41) is 9.42. The molecule has 30 heavy (non-hydrogen) atoms. The Bertz CT molecular complexity index is 1280. The number of aromatic hydroxyl groups is 1. The summed E-state index contributed by atoms with van der Waals surface area (Å²) >= 11 is 0. The highest BCUT2D eigenvalue weighted by Gasteiger charge is 2.09. The second-order valence-corrected chi connectivity index (χ2v) is 6.69. The van der Waals surface area contributed by atoms with Gasteiger partial charge in [0.25, 0.3) is 0 Å². The van der Waals surface area contributed by atoms with Crippen LogP contribution in [-0.4, -0.2) is 20.4 Å². The summed E-state index contributed by atoms with van der Waals surface area (Å²) in [6.07, 6.45) is 4.67. The van der Waals surface area contributed by atoms with Crippen LogP contribution in [0.3, 0.4) is 0 Å². The summed E-state index contributed by atoms with van der Waals surface area (Å²) in [6.45, 7) is 0. The molecular weight excluding hydrogens is 383 g/mol. The van der Waals surface area contributed by atoms with Crippen molar-refractivity contribution in [3.05, 3.63) is 112 Å². The van der Waals surface area contributed by atoms with E-state index in [0.717, 1.165) is 5.56 Å². The highest BCUT2D eigenvalue weighted by molar-refractivity contribution is 6.07. The van der Waals surface area contributed by atoms with E-state index in [9.17, 15) is 19.1 Å². The molecule has 0 bridgehead atoms. The standard InChI is InChI=1S/C24H17FN2O3/c25-19-9-4-16(5-10-19)6-13-23(29)18-2-1-3-20(14-18)27-15-22(26-24(27)30)17-7-11-21(28)12-8-17/h1-15,28H,(H,26,30). The minimum absolute atomic E-state index is 0.139. The molecule has 1 aromatic heterocycles. The Labute approximate surface area is 171 Å². The predicted octanol–water partition coefficient (Wildman–Crippen LogP) is 4.57. The van der Waals surface area contributed by atoms with Gasteiger partial charge in [0.05, 0.1) is 11.4 Å². The molecule has 0 unspecified atom stereocenters. The Morgan fingerprint density at radius 3 is 2.47 bits per heavy atom. The van der Waals surface area contributed by atoms with Crippen LogP contribution in [0.4, 0.5) is 4.39 Å². The number of H-pyrrole nitrogens is 1. The van der Waals surface area contributed by atoms with E-state index in [2.05, 4.69) is 4.98 Å². The van der Waals surface area contributed by atoms with Gasteiger partial charge in [-0.05, 0) is 65.7 Å². The lowest BCUT2D eigenvalue weighted by Crippen LogP contribution is -2.14. The smallest absolute Gasteiger partial charge is 0.330 e. The van der Waals surface area contributed by atoms with Crippen LogP contribution in [0.1, 0.15) is 15.9 Å². The van der Waals surface area contributed by atoms with Gasteiger partial charge in [0.15, 0.2) is 5.78 Å². The minimum atomic E-state index is -0.343. The Morgan fingerprint density at radius 2 is 1.73 bits per heavy atom. The number of hydrogen-bond acceptors (Lipinski definition) is 3. The molecule has 0 saturated carbocycles. The monoisotopic (exact) mass is 400 g/mol. The summed E-state index contributed by atoms with van der Waals surface area (Å²) in [5.74, 6) is -0.432. The van der Waals surface area contributed by atoms with E-state index in [1.165, 1.54) is 34.9 Å². The number of hydrogen-bond donors (Lipinski definition) is 2. The van der Waals surface area contributed by atoms with Gasteiger partial charge in [-0.2, -0.15) is 0 Å². The van der Waals surface area contributed by atoms with Gasteiger partial charge in [-0.1, -0.05) is 30.3 Å². The molecule has 0 fully saturated rings. The normalized spacial score (nSPS) is 11.1. The molecule has 0 aliphatic carbocycles. The first-order chi connectivity index (χ1) is 14.5. The van der Waals surface area contributed by atoms with E-state index in [1.807, 2.05) is 0 Å². The van der Waals surface area contributed by atoms with E-state index < -0.39 is 0 Å². The van der Waals surface area contributed by atoms with Crippen molar-refractivity contribution in [1.29, 1.82) is 0 Å². The Kier molecular flexibility index (Phi) is 5.13. The van der Waals surface area contributed by atoms with Crippen molar-refractivity contribution in [3.8, 4) is 22.7 Å². The average molecular weight is 400 g/mol. The Hall–Kier alpha value is -4.19. The first-order valence-corrected chi connectivity index (χ1v) is 9.19. The molecule has 4 rings (SSSR count). The quantitative estimate of drug-likeness (QED) is 0.381. The minimum Gasteiger partial charge on any atom is -0.508 e. The lowest BCUT2D eigenvalue weighted by molar-refractivity contribution is 0.104. The third-order valence-electron chi connectivity index (χ3n) is 4.60. The number of ketones is 1. The van der Waals surface area contributed by atoms with Crippen molar-refractivity contribution < 1.29 is 14.3 Å². The van der Waals surface area contributed by atoms with Crippen LogP contribution in [0.15, 0.2) is 89.9 Å². The van der Waals surface area contributed by atoms with E-state index >= 15 is 0 Å². The lowest BCUT2D eigenvalue weighted by Gasteiger charge is -2.03. The van der Waals surface area contributed by atoms with Gasteiger partial charge < -0.3 is 10.1 Å². The summed E-state index contributed by atoms with van der Waals surface area (Å²) in [7, 11) is 0. The third kappa shape index (κ3) is 4.12. The van der Waals surface area contributed by atoms with Crippen molar-refractivity contribution in [2.45, 2.75) is 0 Å². The number of nitrogens with zero attached hydrogens (tertiary/aromatic N) is 1. The summed E-state index contributed by atoms with van der Waals surface area (Å²) in [6, 6.07) is 19.0. The average Bonchev–Trinajstić information content (AvgIpc) is 3.15. The third-order valence-corrected chi connectivity index (χ3v) is 4.60. The van der Waals surface area contributed by atoms with Gasteiger partial charge in [-0.25, -0.2) is 9.18 Å². The zero-order valence-electron chi connectivity index (χ0n) is 15.7. The molecule has 1 heterocycles. The van der Waals surface area contributed by atoms with Crippen LogP contribution in [0.2, 0.25) is 0 Å². The summed E-state index contributed by atoms with van der Waals surface area (Å²) < 4.78 is 14.4. The SMILES string of the molecule is O=C(C=Cc1ccc(F)cc1)c1cccc(-n2cc(-c3ccc(O)cc3)[nH]c2=O)c1. The second-order valence-electron chi connectivity index (χ2n) is 6.69. The molecular formula is C24H17FN2O3. The molecule has 0 radical (unpaired) electrons. The van der Waals surface area contributed by atoms with Crippen LogP contribution in [-0.2, 0) is 0 Å². The Balaban J connectivity index is 1.60. The maximum absolute atomic E-state index is 13.0. The van der Waals surface area contributed by atoms with Gasteiger partial charge in [0.2, 0.25) is 0 Å². The molecule has 2 N–H and O–H groups in total. The van der Waals surface area contributed by atoms with Crippen molar-refractivity contribution in [1.82, 2.24) is 9.55 Å².